The number of hydrogen-bond donors (Lipinski definition) is 1. The molecule has 0 aliphatic heterocycles. The largest absolute Gasteiger partial charge is 0.452 e. The summed E-state index contributed by atoms with van der Waals surface area (Å²) >= 11 is 1.54. The zero-order valence-corrected chi connectivity index (χ0v) is 13.0. The zero-order valence-electron chi connectivity index (χ0n) is 12.2. The Hall–Kier alpha value is -1.62. The van der Waals surface area contributed by atoms with Gasteiger partial charge in [-0.15, -0.1) is 11.3 Å². The predicted molar refractivity (Wildman–Crippen MR) is 83.9 cm³/mol. The van der Waals surface area contributed by atoms with Crippen LogP contribution >= 0.6 is 11.3 Å². The van der Waals surface area contributed by atoms with Gasteiger partial charge in [-0.25, -0.2) is 4.79 Å². The van der Waals surface area contributed by atoms with E-state index in [2.05, 4.69) is 12.2 Å². The van der Waals surface area contributed by atoms with Crippen LogP contribution in [0.4, 0.5) is 0 Å². The SMILES string of the molecule is C[C@H]1CCCC[C@@H]1NC(=O)COC(=O)/C=C/c1cccs1. The van der Waals surface area contributed by atoms with Gasteiger partial charge in [0.15, 0.2) is 6.61 Å². The number of hydrogen-bond acceptors (Lipinski definition) is 4. The van der Waals surface area contributed by atoms with Gasteiger partial charge in [-0.1, -0.05) is 25.8 Å². The molecule has 0 radical (unpaired) electrons. The van der Waals surface area contributed by atoms with Crippen molar-refractivity contribution < 1.29 is 14.3 Å². The van der Waals surface area contributed by atoms with Gasteiger partial charge in [-0.3, -0.25) is 4.79 Å². The molecule has 0 unspecified atom stereocenters. The van der Waals surface area contributed by atoms with Gasteiger partial charge >= 0.3 is 5.97 Å². The molecule has 1 fully saturated rings. The van der Waals surface area contributed by atoms with E-state index in [-0.39, 0.29) is 18.6 Å². The molecular weight excluding hydrogens is 286 g/mol. The van der Waals surface area contributed by atoms with Gasteiger partial charge in [-0.05, 0) is 36.3 Å². The van der Waals surface area contributed by atoms with E-state index >= 15 is 0 Å². The van der Waals surface area contributed by atoms with E-state index in [0.29, 0.717) is 5.92 Å². The number of rotatable bonds is 5. The Labute approximate surface area is 129 Å². The van der Waals surface area contributed by atoms with Crippen LogP contribution in [0.2, 0.25) is 0 Å². The minimum atomic E-state index is -0.491. The van der Waals surface area contributed by atoms with Gasteiger partial charge < -0.3 is 10.1 Å². The smallest absolute Gasteiger partial charge is 0.331 e. The Morgan fingerprint density at radius 1 is 1.43 bits per heavy atom. The highest BCUT2D eigenvalue weighted by Crippen LogP contribution is 2.23. The number of ether oxygens (including phenoxy) is 1. The number of nitrogens with one attached hydrogen (secondary N) is 1. The number of carbonyl (C=O) groups excluding carboxylic acids is 2. The molecule has 1 aromatic heterocycles. The van der Waals surface area contributed by atoms with E-state index in [1.165, 1.54) is 23.8 Å². The summed E-state index contributed by atoms with van der Waals surface area (Å²) in [6.45, 7) is 1.94. The Kier molecular flexibility index (Phi) is 5.99. The molecule has 1 heterocycles. The van der Waals surface area contributed by atoms with Crippen molar-refractivity contribution >= 4 is 29.3 Å². The molecule has 0 bridgehead atoms. The molecule has 0 saturated heterocycles. The first kappa shape index (κ1) is 15.8. The van der Waals surface area contributed by atoms with Crippen molar-refractivity contribution in [3.8, 4) is 0 Å². The molecule has 1 aliphatic carbocycles. The fourth-order valence-corrected chi connectivity index (χ4v) is 3.12. The van der Waals surface area contributed by atoms with E-state index < -0.39 is 5.97 Å². The molecule has 114 valence electrons. The molecule has 0 aromatic carbocycles. The highest BCUT2D eigenvalue weighted by Gasteiger charge is 2.22. The van der Waals surface area contributed by atoms with Crippen LogP contribution in [0.15, 0.2) is 23.6 Å². The molecule has 1 N–H and O–H groups in total. The van der Waals surface area contributed by atoms with Crippen LogP contribution in [-0.4, -0.2) is 24.5 Å². The fraction of sp³-hybridized carbons (Fsp3) is 0.500. The van der Waals surface area contributed by atoms with E-state index in [1.54, 1.807) is 6.08 Å². The van der Waals surface area contributed by atoms with E-state index in [1.807, 2.05) is 17.5 Å². The molecular formula is C16H21NO3S. The average molecular weight is 307 g/mol. The maximum absolute atomic E-state index is 11.8. The van der Waals surface area contributed by atoms with E-state index in [4.69, 9.17) is 4.74 Å². The second kappa shape index (κ2) is 7.98. The molecule has 1 aromatic rings. The molecule has 21 heavy (non-hydrogen) atoms. The summed E-state index contributed by atoms with van der Waals surface area (Å²) in [7, 11) is 0. The van der Waals surface area contributed by atoms with Crippen molar-refractivity contribution in [2.45, 2.75) is 38.6 Å². The number of esters is 1. The van der Waals surface area contributed by atoms with E-state index in [9.17, 15) is 9.59 Å². The van der Waals surface area contributed by atoms with Crippen molar-refractivity contribution in [3.63, 3.8) is 0 Å². The summed E-state index contributed by atoms with van der Waals surface area (Å²) in [5.74, 6) is -0.209. The highest BCUT2D eigenvalue weighted by atomic mass is 32.1. The van der Waals surface area contributed by atoms with Gasteiger partial charge in [0.25, 0.3) is 5.91 Å². The first-order valence-electron chi connectivity index (χ1n) is 7.33. The van der Waals surface area contributed by atoms with Gasteiger partial charge in [0, 0.05) is 17.0 Å². The molecule has 4 nitrogen and oxygen atoms in total. The average Bonchev–Trinajstić information content (AvgIpc) is 2.99. The standard InChI is InChI=1S/C16H21NO3S/c1-12-5-2-3-7-14(12)17-15(18)11-20-16(19)9-8-13-6-4-10-21-13/h4,6,8-10,12,14H,2-3,5,7,11H2,1H3,(H,17,18)/b9-8+/t12-,14-/m0/s1. The molecule has 5 heteroatoms. The lowest BCUT2D eigenvalue weighted by Gasteiger charge is -2.29. The summed E-state index contributed by atoms with van der Waals surface area (Å²) in [6, 6.07) is 4.03. The van der Waals surface area contributed by atoms with Gasteiger partial charge in [0.05, 0.1) is 0 Å². The summed E-state index contributed by atoms with van der Waals surface area (Å²) in [6.07, 6.45) is 7.58. The maximum atomic E-state index is 11.8. The second-order valence-corrected chi connectivity index (χ2v) is 6.37. The highest BCUT2D eigenvalue weighted by molar-refractivity contribution is 7.10. The molecule has 2 rings (SSSR count). The molecule has 1 saturated carbocycles. The normalized spacial score (nSPS) is 22.1. The van der Waals surface area contributed by atoms with Crippen LogP contribution in [0.1, 0.15) is 37.5 Å². The monoisotopic (exact) mass is 307 g/mol. The molecule has 1 amide bonds. The van der Waals surface area contributed by atoms with Crippen molar-refractivity contribution in [1.29, 1.82) is 0 Å². The van der Waals surface area contributed by atoms with Gasteiger partial charge in [0.1, 0.15) is 0 Å². The third-order valence-electron chi connectivity index (χ3n) is 3.73. The van der Waals surface area contributed by atoms with Crippen LogP contribution in [-0.2, 0) is 14.3 Å². The third kappa shape index (κ3) is 5.34. The quantitative estimate of drug-likeness (QED) is 0.672. The van der Waals surface area contributed by atoms with Gasteiger partial charge in [-0.2, -0.15) is 0 Å². The van der Waals surface area contributed by atoms with Crippen molar-refractivity contribution in [1.82, 2.24) is 5.32 Å². The van der Waals surface area contributed by atoms with E-state index in [0.717, 1.165) is 24.1 Å². The molecule has 1 aliphatic rings. The lowest BCUT2D eigenvalue weighted by molar-refractivity contribution is -0.144. The molecule has 2 atom stereocenters. The summed E-state index contributed by atoms with van der Waals surface area (Å²) in [5.41, 5.74) is 0. The lowest BCUT2D eigenvalue weighted by Crippen LogP contribution is -2.42. The Morgan fingerprint density at radius 3 is 2.95 bits per heavy atom. The van der Waals surface area contributed by atoms with Gasteiger partial charge in [0.2, 0.25) is 0 Å². The Bertz CT molecular complexity index is 496. The van der Waals surface area contributed by atoms with Crippen molar-refractivity contribution in [2.75, 3.05) is 6.61 Å². The lowest BCUT2D eigenvalue weighted by atomic mass is 9.86. The third-order valence-corrected chi connectivity index (χ3v) is 4.57. The summed E-state index contributed by atoms with van der Waals surface area (Å²) < 4.78 is 4.95. The van der Waals surface area contributed by atoms with Crippen LogP contribution in [0.3, 0.4) is 0 Å². The minimum absolute atomic E-state index is 0.211. The van der Waals surface area contributed by atoms with Crippen LogP contribution in [0.5, 0.6) is 0 Å². The Balaban J connectivity index is 1.69. The van der Waals surface area contributed by atoms with Crippen molar-refractivity contribution in [2.24, 2.45) is 5.92 Å². The fourth-order valence-electron chi connectivity index (χ4n) is 2.50. The van der Waals surface area contributed by atoms with Crippen LogP contribution < -0.4 is 5.32 Å². The minimum Gasteiger partial charge on any atom is -0.452 e. The second-order valence-electron chi connectivity index (χ2n) is 5.39. The number of carbonyl (C=O) groups is 2. The summed E-state index contributed by atoms with van der Waals surface area (Å²) in [4.78, 5) is 24.3. The summed E-state index contributed by atoms with van der Waals surface area (Å²) in [5, 5.41) is 4.89. The number of amides is 1. The predicted octanol–water partition coefficient (Wildman–Crippen LogP) is 3.00. The molecule has 0 spiro atoms. The van der Waals surface area contributed by atoms with Crippen LogP contribution in [0.25, 0.3) is 6.08 Å². The topological polar surface area (TPSA) is 55.4 Å². The van der Waals surface area contributed by atoms with Crippen LogP contribution in [0, 0.1) is 5.92 Å². The van der Waals surface area contributed by atoms with Crippen molar-refractivity contribution in [3.05, 3.63) is 28.5 Å². The number of thiophene rings is 1. The first-order chi connectivity index (χ1) is 10.1. The maximum Gasteiger partial charge on any atom is 0.331 e. The first-order valence-corrected chi connectivity index (χ1v) is 8.21. The zero-order chi connectivity index (χ0) is 15.1. The Morgan fingerprint density at radius 2 is 2.24 bits per heavy atom.